The van der Waals surface area contributed by atoms with Gasteiger partial charge in [-0.3, -0.25) is 5.01 Å². The molecule has 6 nitrogen and oxygen atoms in total. The van der Waals surface area contributed by atoms with Crippen LogP contribution in [0.25, 0.3) is 0 Å². The minimum absolute atomic E-state index is 0.0148. The van der Waals surface area contributed by atoms with E-state index in [2.05, 4.69) is 5.10 Å². The second-order valence-corrected chi connectivity index (χ2v) is 4.41. The smallest absolute Gasteiger partial charge is 0.352 e. The zero-order valence-corrected chi connectivity index (χ0v) is 11.2. The number of carboxylic acids is 1. The molecule has 0 spiro atoms. The van der Waals surface area contributed by atoms with E-state index in [1.165, 1.54) is 5.01 Å². The fraction of sp³-hybridized carbons (Fsp3) is 0.357. The molecule has 0 aromatic heterocycles. The first kappa shape index (κ1) is 14.0. The lowest BCUT2D eigenvalue weighted by Gasteiger charge is -2.21. The largest absolute Gasteiger partial charge is 0.477 e. The molecule has 6 heteroatoms. The van der Waals surface area contributed by atoms with E-state index >= 15 is 0 Å². The number of nitrogens with zero attached hydrogens (tertiary/aromatic N) is 2. The first-order chi connectivity index (χ1) is 9.61. The SMILES string of the molecule is CCOC(=O)C1CC(C(=O)O)=NN1Cc1ccccc1. The third-order valence-corrected chi connectivity index (χ3v) is 2.99. The van der Waals surface area contributed by atoms with Crippen molar-refractivity contribution < 1.29 is 19.4 Å². The van der Waals surface area contributed by atoms with Crippen molar-refractivity contribution in [3.05, 3.63) is 35.9 Å². The Bertz CT molecular complexity index is 527. The van der Waals surface area contributed by atoms with Crippen LogP contribution < -0.4 is 0 Å². The van der Waals surface area contributed by atoms with E-state index in [-0.39, 0.29) is 18.7 Å². The lowest BCUT2D eigenvalue weighted by molar-refractivity contribution is -0.149. The maximum atomic E-state index is 11.9. The highest BCUT2D eigenvalue weighted by molar-refractivity contribution is 6.36. The first-order valence-corrected chi connectivity index (χ1v) is 6.39. The van der Waals surface area contributed by atoms with E-state index in [0.29, 0.717) is 6.54 Å². The Balaban J connectivity index is 2.16. The summed E-state index contributed by atoms with van der Waals surface area (Å²) >= 11 is 0. The van der Waals surface area contributed by atoms with Crippen LogP contribution in [0.5, 0.6) is 0 Å². The summed E-state index contributed by atoms with van der Waals surface area (Å²) in [5.74, 6) is -1.54. The van der Waals surface area contributed by atoms with Crippen molar-refractivity contribution in [3.8, 4) is 0 Å². The van der Waals surface area contributed by atoms with Crippen LogP contribution in [0.1, 0.15) is 18.9 Å². The number of hydrogen-bond donors (Lipinski definition) is 1. The highest BCUT2D eigenvalue weighted by Gasteiger charge is 2.36. The summed E-state index contributed by atoms with van der Waals surface area (Å²) in [5.41, 5.74) is 0.941. The standard InChI is InChI=1S/C14H16N2O4/c1-2-20-14(19)12-8-11(13(17)18)15-16(12)9-10-6-4-3-5-7-10/h3-7,12H,2,8-9H2,1H3,(H,17,18). The Morgan fingerprint density at radius 2 is 2.10 bits per heavy atom. The molecule has 1 aliphatic rings. The number of ether oxygens (including phenoxy) is 1. The number of carbonyl (C=O) groups is 2. The van der Waals surface area contributed by atoms with Gasteiger partial charge in [-0.25, -0.2) is 9.59 Å². The minimum atomic E-state index is -1.10. The lowest BCUT2D eigenvalue weighted by atomic mass is 10.1. The Morgan fingerprint density at radius 3 is 2.70 bits per heavy atom. The fourth-order valence-electron chi connectivity index (χ4n) is 2.04. The molecule has 0 radical (unpaired) electrons. The number of hydrazone groups is 1. The summed E-state index contributed by atoms with van der Waals surface area (Å²) in [6.45, 7) is 2.35. The average Bonchev–Trinajstić information content (AvgIpc) is 2.84. The number of carbonyl (C=O) groups excluding carboxylic acids is 1. The van der Waals surface area contributed by atoms with Crippen molar-refractivity contribution >= 4 is 17.7 Å². The molecule has 20 heavy (non-hydrogen) atoms. The van der Waals surface area contributed by atoms with Crippen LogP contribution in [0.15, 0.2) is 35.4 Å². The predicted octanol–water partition coefficient (Wildman–Crippen LogP) is 1.26. The summed E-state index contributed by atoms with van der Waals surface area (Å²) < 4.78 is 4.97. The van der Waals surface area contributed by atoms with Crippen LogP contribution in [-0.4, -0.2) is 40.4 Å². The molecule has 1 atom stereocenters. The normalized spacial score (nSPS) is 17.8. The molecule has 0 aliphatic carbocycles. The van der Waals surface area contributed by atoms with Crippen LogP contribution in [0, 0.1) is 0 Å². The van der Waals surface area contributed by atoms with Gasteiger partial charge in [-0.05, 0) is 12.5 Å². The van der Waals surface area contributed by atoms with E-state index in [9.17, 15) is 9.59 Å². The van der Waals surface area contributed by atoms with Crippen LogP contribution in [-0.2, 0) is 20.9 Å². The Labute approximate surface area is 116 Å². The number of hydrogen-bond acceptors (Lipinski definition) is 5. The van der Waals surface area contributed by atoms with Gasteiger partial charge < -0.3 is 9.84 Å². The maximum absolute atomic E-state index is 11.9. The fourth-order valence-corrected chi connectivity index (χ4v) is 2.04. The summed E-state index contributed by atoms with van der Waals surface area (Å²) in [5, 5.41) is 14.5. The Hall–Kier alpha value is -2.37. The number of esters is 1. The van der Waals surface area contributed by atoms with Gasteiger partial charge in [0.1, 0.15) is 5.71 Å². The van der Waals surface area contributed by atoms with E-state index in [1.54, 1.807) is 6.92 Å². The van der Waals surface area contributed by atoms with Crippen LogP contribution in [0.3, 0.4) is 0 Å². The third-order valence-electron chi connectivity index (χ3n) is 2.99. The molecule has 1 aromatic carbocycles. The molecular weight excluding hydrogens is 260 g/mol. The van der Waals surface area contributed by atoms with Gasteiger partial charge in [0.2, 0.25) is 0 Å². The number of aliphatic carboxylic acids is 1. The third kappa shape index (κ3) is 3.14. The van der Waals surface area contributed by atoms with Gasteiger partial charge in [0.05, 0.1) is 13.2 Å². The van der Waals surface area contributed by atoms with Gasteiger partial charge in [0, 0.05) is 6.42 Å². The molecule has 1 heterocycles. The summed E-state index contributed by atoms with van der Waals surface area (Å²) in [4.78, 5) is 22.9. The second-order valence-electron chi connectivity index (χ2n) is 4.41. The van der Waals surface area contributed by atoms with Crippen LogP contribution in [0.2, 0.25) is 0 Å². The molecule has 0 bridgehead atoms. The highest BCUT2D eigenvalue weighted by Crippen LogP contribution is 2.20. The summed E-state index contributed by atoms with van der Waals surface area (Å²) in [6, 6.07) is 8.79. The predicted molar refractivity (Wildman–Crippen MR) is 72.1 cm³/mol. The van der Waals surface area contributed by atoms with Crippen molar-refractivity contribution in [2.24, 2.45) is 5.10 Å². The Morgan fingerprint density at radius 1 is 1.40 bits per heavy atom. The van der Waals surface area contributed by atoms with Gasteiger partial charge in [-0.2, -0.15) is 5.10 Å². The van der Waals surface area contributed by atoms with Gasteiger partial charge in [-0.15, -0.1) is 0 Å². The number of rotatable bonds is 5. The van der Waals surface area contributed by atoms with E-state index in [0.717, 1.165) is 5.56 Å². The van der Waals surface area contributed by atoms with Crippen molar-refractivity contribution in [2.45, 2.75) is 25.9 Å². The monoisotopic (exact) mass is 276 g/mol. The molecule has 1 aliphatic heterocycles. The van der Waals surface area contributed by atoms with E-state index in [1.807, 2.05) is 30.3 Å². The number of carboxylic acid groups (broad SMARTS) is 1. The van der Waals surface area contributed by atoms with Gasteiger partial charge >= 0.3 is 11.9 Å². The first-order valence-electron chi connectivity index (χ1n) is 6.39. The van der Waals surface area contributed by atoms with Crippen molar-refractivity contribution in [1.82, 2.24) is 5.01 Å². The molecule has 106 valence electrons. The van der Waals surface area contributed by atoms with Gasteiger partial charge in [0.15, 0.2) is 6.04 Å². The second kappa shape index (κ2) is 6.18. The zero-order valence-electron chi connectivity index (χ0n) is 11.2. The molecule has 0 amide bonds. The molecule has 1 aromatic rings. The topological polar surface area (TPSA) is 79.2 Å². The molecule has 1 N–H and O–H groups in total. The van der Waals surface area contributed by atoms with Gasteiger partial charge in [0.25, 0.3) is 0 Å². The van der Waals surface area contributed by atoms with E-state index in [4.69, 9.17) is 9.84 Å². The van der Waals surface area contributed by atoms with Crippen molar-refractivity contribution in [2.75, 3.05) is 6.61 Å². The average molecular weight is 276 g/mol. The summed E-state index contributed by atoms with van der Waals surface area (Å²) in [6.07, 6.45) is 0.0704. The minimum Gasteiger partial charge on any atom is -0.477 e. The highest BCUT2D eigenvalue weighted by atomic mass is 16.5. The number of benzene rings is 1. The molecule has 0 fully saturated rings. The molecule has 1 unspecified atom stereocenters. The van der Waals surface area contributed by atoms with Crippen LogP contribution >= 0.6 is 0 Å². The van der Waals surface area contributed by atoms with Crippen molar-refractivity contribution in [1.29, 1.82) is 0 Å². The maximum Gasteiger partial charge on any atom is 0.352 e. The van der Waals surface area contributed by atoms with Crippen LogP contribution in [0.4, 0.5) is 0 Å². The quantitative estimate of drug-likeness (QED) is 0.819. The van der Waals surface area contributed by atoms with E-state index < -0.39 is 18.0 Å². The van der Waals surface area contributed by atoms with Gasteiger partial charge in [-0.1, -0.05) is 30.3 Å². The zero-order chi connectivity index (χ0) is 14.5. The van der Waals surface area contributed by atoms with Crippen molar-refractivity contribution in [3.63, 3.8) is 0 Å². The molecule has 0 saturated carbocycles. The molecule has 2 rings (SSSR count). The molecule has 0 saturated heterocycles. The Kier molecular flexibility index (Phi) is 4.34. The lowest BCUT2D eigenvalue weighted by Crippen LogP contribution is -2.35. The molecular formula is C14H16N2O4. The summed E-state index contributed by atoms with van der Waals surface area (Å²) in [7, 11) is 0.